The number of ketones is 1. The molecule has 0 N–H and O–H groups in total. The van der Waals surface area contributed by atoms with E-state index >= 15 is 0 Å². The molecule has 0 aliphatic heterocycles. The van der Waals surface area contributed by atoms with E-state index in [1.165, 1.54) is 32.7 Å². The molecule has 1 nitrogen and oxygen atoms in total. The normalized spacial score (nSPS) is 16.9. The highest BCUT2D eigenvalue weighted by atomic mass is 35.5. The number of fused-ring (bicyclic) bond motifs is 5. The van der Waals surface area contributed by atoms with Gasteiger partial charge in [-0.25, -0.2) is 0 Å². The smallest absolute Gasteiger partial charge is 0.170 e. The third-order valence-electron chi connectivity index (χ3n) is 6.17. The summed E-state index contributed by atoms with van der Waals surface area (Å²) >= 11 is 6.25. The predicted molar refractivity (Wildman–Crippen MR) is 116 cm³/mol. The van der Waals surface area contributed by atoms with Gasteiger partial charge in [0.05, 0.1) is 0 Å². The maximum absolute atomic E-state index is 13.2. The van der Waals surface area contributed by atoms with E-state index in [0.29, 0.717) is 5.02 Å². The van der Waals surface area contributed by atoms with E-state index in [1.54, 1.807) is 0 Å². The summed E-state index contributed by atoms with van der Waals surface area (Å²) in [5.74, 6) is 0.0844. The number of halogens is 1. The number of carbonyl (C=O) groups is 1. The van der Waals surface area contributed by atoms with Crippen LogP contribution in [0.4, 0.5) is 0 Å². The molecule has 0 amide bonds. The highest BCUT2D eigenvalue weighted by molar-refractivity contribution is 6.32. The summed E-state index contributed by atoms with van der Waals surface area (Å²) in [6, 6.07) is 18.7. The summed E-state index contributed by atoms with van der Waals surface area (Å²) in [7, 11) is 0. The van der Waals surface area contributed by atoms with Crippen molar-refractivity contribution in [3.63, 3.8) is 0 Å². The van der Waals surface area contributed by atoms with Gasteiger partial charge in [0.25, 0.3) is 0 Å². The van der Waals surface area contributed by atoms with Crippen molar-refractivity contribution in [3.05, 3.63) is 92.3 Å². The van der Waals surface area contributed by atoms with Crippen LogP contribution < -0.4 is 10.4 Å². The molecule has 0 fully saturated rings. The van der Waals surface area contributed by atoms with Gasteiger partial charge in [-0.15, -0.1) is 0 Å². The van der Waals surface area contributed by atoms with Crippen LogP contribution >= 0.6 is 11.6 Å². The Morgan fingerprint density at radius 3 is 2.68 bits per heavy atom. The molecule has 0 bridgehead atoms. The highest BCUT2D eigenvalue weighted by Gasteiger charge is 2.24. The van der Waals surface area contributed by atoms with Crippen LogP contribution in [0.3, 0.4) is 0 Å². The first-order valence-electron chi connectivity index (χ1n) is 9.85. The van der Waals surface area contributed by atoms with Gasteiger partial charge in [0, 0.05) is 16.5 Å². The molecule has 0 radical (unpaired) electrons. The lowest BCUT2D eigenvalue weighted by Crippen LogP contribution is -2.37. The molecule has 1 atom stereocenters. The molecule has 0 saturated carbocycles. The van der Waals surface area contributed by atoms with Gasteiger partial charge in [0.1, 0.15) is 0 Å². The van der Waals surface area contributed by atoms with Gasteiger partial charge in [-0.3, -0.25) is 4.79 Å². The van der Waals surface area contributed by atoms with Crippen molar-refractivity contribution in [3.8, 4) is 11.1 Å². The summed E-state index contributed by atoms with van der Waals surface area (Å²) < 4.78 is 0. The zero-order valence-corrected chi connectivity index (χ0v) is 16.6. The first-order valence-corrected chi connectivity index (χ1v) is 10.2. The highest BCUT2D eigenvalue weighted by Crippen LogP contribution is 2.27. The number of aryl methyl sites for hydroxylation is 1. The number of Topliss-reactive ketones (excluding diaryl/α,β-unsaturated/α-hetero) is 1. The van der Waals surface area contributed by atoms with Crippen molar-refractivity contribution >= 4 is 29.5 Å². The molecule has 0 heterocycles. The molecule has 138 valence electrons. The van der Waals surface area contributed by atoms with E-state index in [2.05, 4.69) is 48.6 Å². The summed E-state index contributed by atoms with van der Waals surface area (Å²) in [6.45, 7) is 1.93. The molecular formula is C26H21ClO. The summed E-state index contributed by atoms with van der Waals surface area (Å²) in [5.41, 5.74) is 6.94. The average Bonchev–Trinajstić information content (AvgIpc) is 2.74. The molecular weight excluding hydrogens is 364 g/mol. The topological polar surface area (TPSA) is 17.1 Å². The van der Waals surface area contributed by atoms with Crippen LogP contribution in [-0.4, -0.2) is 5.78 Å². The van der Waals surface area contributed by atoms with Gasteiger partial charge in [-0.05, 0) is 70.5 Å². The van der Waals surface area contributed by atoms with Crippen molar-refractivity contribution in [2.45, 2.75) is 26.2 Å². The summed E-state index contributed by atoms with van der Waals surface area (Å²) in [6.07, 6.45) is 7.26. The number of carbonyl (C=O) groups excluding carboxylic acids is 1. The molecule has 0 aromatic heterocycles. The standard InChI is InChI=1S/C26H21ClO/c1-16-20(7-4-8-25(16)27)26(28)19-10-9-18-12-13-22-21-6-3-2-5-17(21)11-14-23(22)24(18)15-19/h2-8,12-15,19H,9-11H2,1H3. The SMILES string of the molecule is Cc1c(Cl)cccc1C(=O)C1C=c2c(ccc3c2=CCc2ccccc2-3)CC1. The van der Waals surface area contributed by atoms with E-state index in [1.807, 2.05) is 25.1 Å². The number of rotatable bonds is 2. The maximum atomic E-state index is 13.2. The van der Waals surface area contributed by atoms with Crippen molar-refractivity contribution < 1.29 is 4.79 Å². The van der Waals surface area contributed by atoms with Crippen LogP contribution in [0.2, 0.25) is 5.02 Å². The maximum Gasteiger partial charge on any atom is 0.170 e. The zero-order valence-electron chi connectivity index (χ0n) is 15.8. The molecule has 1 unspecified atom stereocenters. The number of benzene rings is 3. The lowest BCUT2D eigenvalue weighted by Gasteiger charge is -2.22. The van der Waals surface area contributed by atoms with Crippen molar-refractivity contribution in [2.75, 3.05) is 0 Å². The Kier molecular flexibility index (Phi) is 4.21. The van der Waals surface area contributed by atoms with E-state index in [0.717, 1.165) is 30.4 Å². The molecule has 0 spiro atoms. The zero-order chi connectivity index (χ0) is 19.3. The molecule has 0 saturated heterocycles. The molecule has 5 rings (SSSR count). The second kappa shape index (κ2) is 6.76. The van der Waals surface area contributed by atoms with Crippen LogP contribution in [0.5, 0.6) is 0 Å². The Labute approximate surface area is 170 Å². The van der Waals surface area contributed by atoms with Gasteiger partial charge in [-0.1, -0.05) is 72.3 Å². The minimum Gasteiger partial charge on any atom is -0.294 e. The second-order valence-corrected chi connectivity index (χ2v) is 8.16. The van der Waals surface area contributed by atoms with Crippen LogP contribution in [0.1, 0.15) is 33.5 Å². The van der Waals surface area contributed by atoms with Crippen LogP contribution in [0.15, 0.2) is 54.6 Å². The Morgan fingerprint density at radius 2 is 1.79 bits per heavy atom. The molecule has 2 heteroatoms. The van der Waals surface area contributed by atoms with Crippen LogP contribution in [-0.2, 0) is 12.8 Å². The fraction of sp³-hybridized carbons (Fsp3) is 0.192. The lowest BCUT2D eigenvalue weighted by atomic mass is 9.82. The first kappa shape index (κ1) is 17.5. The van der Waals surface area contributed by atoms with Gasteiger partial charge < -0.3 is 0 Å². The fourth-order valence-electron chi connectivity index (χ4n) is 4.60. The molecule has 28 heavy (non-hydrogen) atoms. The lowest BCUT2D eigenvalue weighted by molar-refractivity contribution is 0.0946. The van der Waals surface area contributed by atoms with E-state index < -0.39 is 0 Å². The average molecular weight is 385 g/mol. The van der Waals surface area contributed by atoms with Gasteiger partial charge in [-0.2, -0.15) is 0 Å². The Balaban J connectivity index is 1.64. The third-order valence-corrected chi connectivity index (χ3v) is 6.58. The monoisotopic (exact) mass is 384 g/mol. The summed E-state index contributed by atoms with van der Waals surface area (Å²) in [5, 5.41) is 3.19. The molecule has 2 aliphatic carbocycles. The Hall–Kier alpha value is -2.64. The van der Waals surface area contributed by atoms with Crippen LogP contribution in [0, 0.1) is 12.8 Å². The van der Waals surface area contributed by atoms with Gasteiger partial charge in [0.2, 0.25) is 0 Å². The van der Waals surface area contributed by atoms with Crippen LogP contribution in [0.25, 0.3) is 23.3 Å². The van der Waals surface area contributed by atoms with Gasteiger partial charge in [0.15, 0.2) is 5.78 Å². The fourth-order valence-corrected chi connectivity index (χ4v) is 4.78. The first-order chi connectivity index (χ1) is 13.6. The van der Waals surface area contributed by atoms with Crippen molar-refractivity contribution in [2.24, 2.45) is 5.92 Å². The molecule has 2 aliphatic rings. The Bertz CT molecular complexity index is 1240. The van der Waals surface area contributed by atoms with Crippen molar-refractivity contribution in [1.82, 2.24) is 0 Å². The second-order valence-electron chi connectivity index (χ2n) is 7.75. The minimum atomic E-state index is -0.0956. The largest absolute Gasteiger partial charge is 0.294 e. The molecule has 3 aromatic rings. The Morgan fingerprint density at radius 1 is 0.929 bits per heavy atom. The quantitative estimate of drug-likeness (QED) is 0.575. The predicted octanol–water partition coefficient (Wildman–Crippen LogP) is 4.88. The number of hydrogen-bond donors (Lipinski definition) is 0. The minimum absolute atomic E-state index is 0.0956. The molecule has 3 aromatic carbocycles. The summed E-state index contributed by atoms with van der Waals surface area (Å²) in [4.78, 5) is 13.2. The third kappa shape index (κ3) is 2.73. The van der Waals surface area contributed by atoms with Crippen molar-refractivity contribution in [1.29, 1.82) is 0 Å². The number of hydrogen-bond acceptors (Lipinski definition) is 1. The van der Waals surface area contributed by atoms with E-state index in [-0.39, 0.29) is 11.7 Å². The van der Waals surface area contributed by atoms with E-state index in [4.69, 9.17) is 11.6 Å². The van der Waals surface area contributed by atoms with Gasteiger partial charge >= 0.3 is 0 Å². The van der Waals surface area contributed by atoms with E-state index in [9.17, 15) is 4.79 Å².